The molecule has 0 spiro atoms. The zero-order chi connectivity index (χ0) is 8.39. The SMILES string of the molecule is C=COC1Cc2ccccc2C1. The normalized spacial score (nSPS) is 15.7. The fourth-order valence-electron chi connectivity index (χ4n) is 1.75. The van der Waals surface area contributed by atoms with E-state index >= 15 is 0 Å². The summed E-state index contributed by atoms with van der Waals surface area (Å²) in [6.07, 6.45) is 3.92. The smallest absolute Gasteiger partial charge is 0.106 e. The molecule has 0 unspecified atom stereocenters. The molecular formula is C11H12O. The highest BCUT2D eigenvalue weighted by atomic mass is 16.5. The molecular weight excluding hydrogens is 148 g/mol. The Morgan fingerprint density at radius 1 is 1.25 bits per heavy atom. The maximum atomic E-state index is 5.35. The van der Waals surface area contributed by atoms with Crippen molar-refractivity contribution in [1.29, 1.82) is 0 Å². The fraction of sp³-hybridized carbons (Fsp3) is 0.273. The van der Waals surface area contributed by atoms with Gasteiger partial charge in [-0.05, 0) is 11.1 Å². The summed E-state index contributed by atoms with van der Waals surface area (Å²) >= 11 is 0. The van der Waals surface area contributed by atoms with Gasteiger partial charge in [0.05, 0.1) is 6.26 Å². The van der Waals surface area contributed by atoms with Gasteiger partial charge in [-0.15, -0.1) is 0 Å². The van der Waals surface area contributed by atoms with Crippen molar-refractivity contribution < 1.29 is 4.74 Å². The van der Waals surface area contributed by atoms with Crippen LogP contribution < -0.4 is 0 Å². The summed E-state index contributed by atoms with van der Waals surface area (Å²) in [6, 6.07) is 8.49. The number of hydrogen-bond acceptors (Lipinski definition) is 1. The minimum absolute atomic E-state index is 0.319. The largest absolute Gasteiger partial charge is 0.498 e. The molecule has 2 rings (SSSR count). The van der Waals surface area contributed by atoms with E-state index in [0.29, 0.717) is 6.10 Å². The fourth-order valence-corrected chi connectivity index (χ4v) is 1.75. The van der Waals surface area contributed by atoms with E-state index in [1.165, 1.54) is 17.4 Å². The minimum Gasteiger partial charge on any atom is -0.498 e. The molecule has 0 bridgehead atoms. The predicted octanol–water partition coefficient (Wildman–Crippen LogP) is 2.31. The topological polar surface area (TPSA) is 9.23 Å². The van der Waals surface area contributed by atoms with Gasteiger partial charge in [0.15, 0.2) is 0 Å². The number of benzene rings is 1. The molecule has 0 radical (unpaired) electrons. The van der Waals surface area contributed by atoms with Crippen LogP contribution in [0.2, 0.25) is 0 Å². The molecule has 0 amide bonds. The zero-order valence-corrected chi connectivity index (χ0v) is 6.99. The van der Waals surface area contributed by atoms with Crippen LogP contribution >= 0.6 is 0 Å². The van der Waals surface area contributed by atoms with Crippen molar-refractivity contribution in [1.82, 2.24) is 0 Å². The third-order valence-electron chi connectivity index (χ3n) is 2.30. The second-order valence-electron chi connectivity index (χ2n) is 3.10. The van der Waals surface area contributed by atoms with Crippen LogP contribution in [0.15, 0.2) is 37.1 Å². The third kappa shape index (κ3) is 1.22. The average Bonchev–Trinajstić information content (AvgIpc) is 2.47. The Morgan fingerprint density at radius 3 is 2.33 bits per heavy atom. The van der Waals surface area contributed by atoms with E-state index in [-0.39, 0.29) is 0 Å². The lowest BCUT2D eigenvalue weighted by Crippen LogP contribution is -2.08. The summed E-state index contributed by atoms with van der Waals surface area (Å²) < 4.78 is 5.35. The Bertz CT molecular complexity index is 266. The Kier molecular flexibility index (Phi) is 1.86. The number of hydrogen-bond donors (Lipinski definition) is 0. The lowest BCUT2D eigenvalue weighted by Gasteiger charge is -2.06. The predicted molar refractivity (Wildman–Crippen MR) is 48.9 cm³/mol. The van der Waals surface area contributed by atoms with E-state index in [4.69, 9.17) is 4.74 Å². The standard InChI is InChI=1S/C11H12O/c1-2-12-11-7-9-5-3-4-6-10(9)8-11/h2-6,11H,1,7-8H2. The van der Waals surface area contributed by atoms with Gasteiger partial charge in [-0.3, -0.25) is 0 Å². The van der Waals surface area contributed by atoms with Crippen LogP contribution in [0.25, 0.3) is 0 Å². The van der Waals surface area contributed by atoms with Crippen molar-refractivity contribution in [3.05, 3.63) is 48.2 Å². The molecule has 1 aromatic carbocycles. The van der Waals surface area contributed by atoms with Gasteiger partial charge in [0.25, 0.3) is 0 Å². The second-order valence-corrected chi connectivity index (χ2v) is 3.10. The van der Waals surface area contributed by atoms with Gasteiger partial charge < -0.3 is 4.74 Å². The maximum Gasteiger partial charge on any atom is 0.106 e. The first-order valence-corrected chi connectivity index (χ1v) is 4.23. The highest BCUT2D eigenvalue weighted by Crippen LogP contribution is 2.23. The van der Waals surface area contributed by atoms with Crippen molar-refractivity contribution >= 4 is 0 Å². The molecule has 0 atom stereocenters. The maximum absolute atomic E-state index is 5.35. The molecule has 0 aromatic heterocycles. The van der Waals surface area contributed by atoms with Crippen molar-refractivity contribution in [3.63, 3.8) is 0 Å². The summed E-state index contributed by atoms with van der Waals surface area (Å²) in [5.74, 6) is 0. The van der Waals surface area contributed by atoms with Crippen LogP contribution in [0, 0.1) is 0 Å². The first-order chi connectivity index (χ1) is 5.90. The molecule has 1 nitrogen and oxygen atoms in total. The van der Waals surface area contributed by atoms with Crippen molar-refractivity contribution in [2.75, 3.05) is 0 Å². The van der Waals surface area contributed by atoms with Gasteiger partial charge in [-0.1, -0.05) is 30.8 Å². The summed E-state index contributed by atoms with van der Waals surface area (Å²) in [6.45, 7) is 3.56. The van der Waals surface area contributed by atoms with E-state index in [1.54, 1.807) is 0 Å². The van der Waals surface area contributed by atoms with Crippen LogP contribution in [0.4, 0.5) is 0 Å². The summed E-state index contributed by atoms with van der Waals surface area (Å²) in [5.41, 5.74) is 2.84. The van der Waals surface area contributed by atoms with Crippen LogP contribution in [-0.2, 0) is 17.6 Å². The Hall–Kier alpha value is -1.24. The Morgan fingerprint density at radius 2 is 1.83 bits per heavy atom. The van der Waals surface area contributed by atoms with E-state index in [2.05, 4.69) is 30.8 Å². The molecule has 12 heavy (non-hydrogen) atoms. The summed E-state index contributed by atoms with van der Waals surface area (Å²) in [5, 5.41) is 0. The quantitative estimate of drug-likeness (QED) is 0.603. The van der Waals surface area contributed by atoms with Crippen LogP contribution in [0.1, 0.15) is 11.1 Å². The highest BCUT2D eigenvalue weighted by molar-refractivity contribution is 5.32. The second kappa shape index (κ2) is 3.02. The molecule has 0 heterocycles. The van der Waals surface area contributed by atoms with Crippen molar-refractivity contribution in [2.24, 2.45) is 0 Å². The molecule has 0 saturated carbocycles. The van der Waals surface area contributed by atoms with E-state index in [0.717, 1.165) is 12.8 Å². The van der Waals surface area contributed by atoms with E-state index in [9.17, 15) is 0 Å². The van der Waals surface area contributed by atoms with Gasteiger partial charge in [0.1, 0.15) is 6.10 Å². The molecule has 1 aliphatic rings. The molecule has 0 aliphatic heterocycles. The number of rotatable bonds is 2. The van der Waals surface area contributed by atoms with Crippen molar-refractivity contribution in [3.8, 4) is 0 Å². The lowest BCUT2D eigenvalue weighted by atomic mass is 10.1. The first-order valence-electron chi connectivity index (χ1n) is 4.23. The molecule has 1 heteroatoms. The molecule has 1 aromatic rings. The van der Waals surface area contributed by atoms with Gasteiger partial charge in [-0.2, -0.15) is 0 Å². The van der Waals surface area contributed by atoms with Gasteiger partial charge in [-0.25, -0.2) is 0 Å². The minimum atomic E-state index is 0.319. The van der Waals surface area contributed by atoms with Gasteiger partial charge >= 0.3 is 0 Å². The number of ether oxygens (including phenoxy) is 1. The average molecular weight is 160 g/mol. The van der Waals surface area contributed by atoms with Gasteiger partial charge in [0.2, 0.25) is 0 Å². The third-order valence-corrected chi connectivity index (χ3v) is 2.30. The Balaban J connectivity index is 2.16. The van der Waals surface area contributed by atoms with E-state index in [1.807, 2.05) is 0 Å². The van der Waals surface area contributed by atoms with Crippen molar-refractivity contribution in [2.45, 2.75) is 18.9 Å². The summed E-state index contributed by atoms with van der Waals surface area (Å²) in [7, 11) is 0. The highest BCUT2D eigenvalue weighted by Gasteiger charge is 2.20. The molecule has 1 aliphatic carbocycles. The Labute approximate surface area is 72.7 Å². The number of fused-ring (bicyclic) bond motifs is 1. The van der Waals surface area contributed by atoms with E-state index < -0.39 is 0 Å². The first kappa shape index (κ1) is 7.41. The zero-order valence-electron chi connectivity index (χ0n) is 6.99. The molecule has 0 saturated heterocycles. The van der Waals surface area contributed by atoms with Gasteiger partial charge in [0, 0.05) is 12.8 Å². The monoisotopic (exact) mass is 160 g/mol. The van der Waals surface area contributed by atoms with Crippen LogP contribution in [0.5, 0.6) is 0 Å². The molecule has 0 N–H and O–H groups in total. The van der Waals surface area contributed by atoms with Crippen LogP contribution in [-0.4, -0.2) is 6.10 Å². The lowest BCUT2D eigenvalue weighted by molar-refractivity contribution is 0.155. The summed E-state index contributed by atoms with van der Waals surface area (Å²) in [4.78, 5) is 0. The molecule has 0 fully saturated rings. The van der Waals surface area contributed by atoms with Crippen LogP contribution in [0.3, 0.4) is 0 Å². The molecule has 62 valence electrons.